The molecule has 10 heteroatoms. The lowest BCUT2D eigenvalue weighted by Gasteiger charge is -2.37. The molecule has 1 fully saturated rings. The molecule has 1 aliphatic rings. The third-order valence-electron chi connectivity index (χ3n) is 4.79. The summed E-state index contributed by atoms with van der Waals surface area (Å²) in [5, 5.41) is 9.64. The van der Waals surface area contributed by atoms with Gasteiger partial charge in [-0.05, 0) is 18.2 Å². The molecule has 1 aromatic carbocycles. The van der Waals surface area contributed by atoms with Gasteiger partial charge in [0.05, 0.1) is 40.3 Å². The number of rotatable bonds is 3. The highest BCUT2D eigenvalue weighted by molar-refractivity contribution is 6.30. The summed E-state index contributed by atoms with van der Waals surface area (Å²) in [4.78, 5) is 14.8. The lowest BCUT2D eigenvalue weighted by molar-refractivity contribution is -0.0395. The predicted molar refractivity (Wildman–Crippen MR) is 100 cm³/mol. The summed E-state index contributed by atoms with van der Waals surface area (Å²) in [7, 11) is 0. The van der Waals surface area contributed by atoms with Gasteiger partial charge in [-0.1, -0.05) is 11.6 Å². The number of fused-ring (bicyclic) bond motifs is 1. The second kappa shape index (κ2) is 6.96. The van der Waals surface area contributed by atoms with Gasteiger partial charge >= 0.3 is 0 Å². The van der Waals surface area contributed by atoms with Crippen molar-refractivity contribution in [3.63, 3.8) is 0 Å². The standard InChI is InChI=1S/C18H16ClF2N7/c19-12-7-24-16(25-8-12)10-28-14-5-11(6-22)1-2-13(14)26-17(28)27-4-3-18(20,21)15(23)9-27/h1-2,5,7-8,15H,3-4,9-10,23H2/t15-/m1/s1. The molecular weight excluding hydrogens is 388 g/mol. The van der Waals surface area contributed by atoms with Crippen LogP contribution >= 0.6 is 11.6 Å². The number of nitriles is 1. The number of piperidine rings is 1. The molecule has 1 atom stereocenters. The largest absolute Gasteiger partial charge is 0.340 e. The summed E-state index contributed by atoms with van der Waals surface area (Å²) in [6, 6.07) is 5.92. The minimum Gasteiger partial charge on any atom is -0.340 e. The van der Waals surface area contributed by atoms with Gasteiger partial charge in [0.1, 0.15) is 5.82 Å². The minimum absolute atomic E-state index is 0.0249. The lowest BCUT2D eigenvalue weighted by Crippen LogP contribution is -2.55. The smallest absolute Gasteiger partial charge is 0.266 e. The monoisotopic (exact) mass is 403 g/mol. The summed E-state index contributed by atoms with van der Waals surface area (Å²) >= 11 is 5.85. The first-order valence-electron chi connectivity index (χ1n) is 8.62. The second-order valence-electron chi connectivity index (χ2n) is 6.69. The van der Waals surface area contributed by atoms with E-state index in [4.69, 9.17) is 17.3 Å². The highest BCUT2D eigenvalue weighted by Crippen LogP contribution is 2.32. The number of benzene rings is 1. The molecule has 0 aliphatic carbocycles. The fraction of sp³-hybridized carbons (Fsp3) is 0.333. The van der Waals surface area contributed by atoms with Crippen molar-refractivity contribution >= 4 is 28.6 Å². The molecule has 1 saturated heterocycles. The number of hydrogen-bond donors (Lipinski definition) is 1. The first-order chi connectivity index (χ1) is 13.4. The van der Waals surface area contributed by atoms with Gasteiger partial charge in [0.2, 0.25) is 5.95 Å². The fourth-order valence-corrected chi connectivity index (χ4v) is 3.35. The molecule has 0 bridgehead atoms. The van der Waals surface area contributed by atoms with Crippen LogP contribution in [0.25, 0.3) is 11.0 Å². The van der Waals surface area contributed by atoms with Gasteiger partial charge in [-0.25, -0.2) is 23.7 Å². The number of nitrogens with two attached hydrogens (primary N) is 1. The van der Waals surface area contributed by atoms with Gasteiger partial charge in [0.15, 0.2) is 0 Å². The summed E-state index contributed by atoms with van der Waals surface area (Å²) in [5.74, 6) is -1.92. The lowest BCUT2D eigenvalue weighted by atomic mass is 10.0. The Morgan fingerprint density at radius 2 is 2.07 bits per heavy atom. The number of anilines is 1. The third kappa shape index (κ3) is 3.37. The van der Waals surface area contributed by atoms with Crippen molar-refractivity contribution in [2.24, 2.45) is 5.73 Å². The SMILES string of the molecule is N#Cc1ccc2nc(N3CCC(F)(F)[C@H](N)C3)n(Cc3ncc(Cl)cn3)c2c1. The van der Waals surface area contributed by atoms with Crippen LogP contribution in [0.1, 0.15) is 17.8 Å². The van der Waals surface area contributed by atoms with E-state index in [9.17, 15) is 14.0 Å². The van der Waals surface area contributed by atoms with E-state index in [2.05, 4.69) is 21.0 Å². The van der Waals surface area contributed by atoms with Crippen LogP contribution in [0.2, 0.25) is 5.02 Å². The Morgan fingerprint density at radius 1 is 1.32 bits per heavy atom. The average Bonchev–Trinajstić information content (AvgIpc) is 3.03. The minimum atomic E-state index is -2.90. The van der Waals surface area contributed by atoms with E-state index in [1.807, 2.05) is 4.57 Å². The van der Waals surface area contributed by atoms with Crippen LogP contribution in [0.15, 0.2) is 30.6 Å². The molecule has 0 amide bonds. The van der Waals surface area contributed by atoms with Crippen molar-refractivity contribution in [1.29, 1.82) is 5.26 Å². The van der Waals surface area contributed by atoms with Crippen molar-refractivity contribution in [1.82, 2.24) is 19.5 Å². The average molecular weight is 404 g/mol. The van der Waals surface area contributed by atoms with Crippen LogP contribution in [0.3, 0.4) is 0 Å². The number of alkyl halides is 2. The van der Waals surface area contributed by atoms with Crippen LogP contribution in [-0.4, -0.2) is 44.6 Å². The highest BCUT2D eigenvalue weighted by atomic mass is 35.5. The molecule has 0 spiro atoms. The summed E-state index contributed by atoms with van der Waals surface area (Å²) < 4.78 is 29.5. The van der Waals surface area contributed by atoms with Gasteiger partial charge in [0, 0.05) is 31.9 Å². The zero-order valence-electron chi connectivity index (χ0n) is 14.7. The predicted octanol–water partition coefficient (Wildman–Crippen LogP) is 2.57. The van der Waals surface area contributed by atoms with Gasteiger partial charge in [-0.15, -0.1) is 0 Å². The van der Waals surface area contributed by atoms with E-state index < -0.39 is 12.0 Å². The fourth-order valence-electron chi connectivity index (χ4n) is 3.25. The molecule has 0 radical (unpaired) electrons. The Balaban J connectivity index is 1.79. The van der Waals surface area contributed by atoms with Crippen molar-refractivity contribution in [3.05, 3.63) is 47.0 Å². The quantitative estimate of drug-likeness (QED) is 0.722. The molecule has 0 unspecified atom stereocenters. The molecule has 1 aliphatic heterocycles. The van der Waals surface area contributed by atoms with Gasteiger partial charge in [-0.2, -0.15) is 5.26 Å². The van der Waals surface area contributed by atoms with E-state index in [1.165, 1.54) is 12.4 Å². The van der Waals surface area contributed by atoms with Crippen molar-refractivity contribution in [2.75, 3.05) is 18.0 Å². The van der Waals surface area contributed by atoms with Crippen LogP contribution in [0.4, 0.5) is 14.7 Å². The Morgan fingerprint density at radius 3 is 2.75 bits per heavy atom. The maximum absolute atomic E-state index is 13.8. The Hall–Kier alpha value is -2.83. The summed E-state index contributed by atoms with van der Waals surface area (Å²) in [6.45, 7) is 0.347. The van der Waals surface area contributed by atoms with Gasteiger partial charge in [-0.3, -0.25) is 0 Å². The molecule has 7 nitrogen and oxygen atoms in total. The van der Waals surface area contributed by atoms with E-state index in [1.54, 1.807) is 23.1 Å². The number of nitrogens with zero attached hydrogens (tertiary/aromatic N) is 6. The molecule has 28 heavy (non-hydrogen) atoms. The maximum Gasteiger partial charge on any atom is 0.266 e. The molecule has 144 valence electrons. The van der Waals surface area contributed by atoms with Crippen molar-refractivity contribution in [2.45, 2.75) is 24.9 Å². The number of hydrogen-bond acceptors (Lipinski definition) is 6. The normalized spacial score (nSPS) is 19.0. The Bertz CT molecular complexity index is 1060. The van der Waals surface area contributed by atoms with Gasteiger partial charge in [0.25, 0.3) is 5.92 Å². The maximum atomic E-state index is 13.8. The van der Waals surface area contributed by atoms with E-state index in [-0.39, 0.29) is 26.1 Å². The van der Waals surface area contributed by atoms with Crippen LogP contribution in [0, 0.1) is 11.3 Å². The molecule has 0 saturated carbocycles. The van der Waals surface area contributed by atoms with E-state index >= 15 is 0 Å². The zero-order chi connectivity index (χ0) is 19.9. The number of aromatic nitrogens is 4. The van der Waals surface area contributed by atoms with Crippen LogP contribution in [0.5, 0.6) is 0 Å². The topological polar surface area (TPSA) is 96.7 Å². The summed E-state index contributed by atoms with van der Waals surface area (Å²) in [6.07, 6.45) is 2.62. The molecule has 2 N–H and O–H groups in total. The number of imidazole rings is 1. The highest BCUT2D eigenvalue weighted by Gasteiger charge is 2.42. The van der Waals surface area contributed by atoms with Crippen LogP contribution in [-0.2, 0) is 6.54 Å². The second-order valence-corrected chi connectivity index (χ2v) is 7.13. The number of halogens is 3. The first kappa shape index (κ1) is 18.5. The zero-order valence-corrected chi connectivity index (χ0v) is 15.4. The van der Waals surface area contributed by atoms with Crippen LogP contribution < -0.4 is 10.6 Å². The molecule has 2 aromatic heterocycles. The van der Waals surface area contributed by atoms with E-state index in [0.29, 0.717) is 33.4 Å². The third-order valence-corrected chi connectivity index (χ3v) is 4.98. The molecular formula is C18H16ClF2N7. The van der Waals surface area contributed by atoms with Gasteiger partial charge < -0.3 is 15.2 Å². The Kier molecular flexibility index (Phi) is 4.61. The van der Waals surface area contributed by atoms with Crippen molar-refractivity contribution < 1.29 is 8.78 Å². The molecule has 3 heterocycles. The van der Waals surface area contributed by atoms with Crippen molar-refractivity contribution in [3.8, 4) is 6.07 Å². The first-order valence-corrected chi connectivity index (χ1v) is 9.00. The Labute approximate surface area is 164 Å². The molecule has 4 rings (SSSR count). The summed E-state index contributed by atoms with van der Waals surface area (Å²) in [5.41, 5.74) is 7.50. The molecule has 3 aromatic rings. The van der Waals surface area contributed by atoms with E-state index in [0.717, 1.165) is 0 Å².